The van der Waals surface area contributed by atoms with Gasteiger partial charge in [0.2, 0.25) is 0 Å². The molecule has 0 bridgehead atoms. The van der Waals surface area contributed by atoms with Crippen molar-refractivity contribution in [3.63, 3.8) is 0 Å². The van der Waals surface area contributed by atoms with Crippen LogP contribution in [0, 0.1) is 0 Å². The number of hydrogen-bond donors (Lipinski definition) is 2. The van der Waals surface area contributed by atoms with E-state index in [9.17, 15) is 14.7 Å². The molecule has 0 saturated carbocycles. The quantitative estimate of drug-likeness (QED) is 0.363. The van der Waals surface area contributed by atoms with Gasteiger partial charge in [0.15, 0.2) is 16.0 Å². The molecule has 2 aromatic heterocycles. The van der Waals surface area contributed by atoms with E-state index in [1.807, 2.05) is 36.4 Å². The summed E-state index contributed by atoms with van der Waals surface area (Å²) in [5.41, 5.74) is 4.11. The van der Waals surface area contributed by atoms with Crippen molar-refractivity contribution in [1.29, 1.82) is 0 Å². The minimum atomic E-state index is -0.176. The van der Waals surface area contributed by atoms with Crippen molar-refractivity contribution in [2.24, 2.45) is 0 Å². The molecule has 2 N–H and O–H groups in total. The van der Waals surface area contributed by atoms with Crippen LogP contribution in [0.1, 0.15) is 50.2 Å². The standard InChI is InChI=1S/C25H24N4O3S2/c1-15(31)22-21(10-5-13-30)34-25(27-22)29-12-11-16-6-4-7-17(18(16)14-29)23(32)28-24-26-19-8-2-3-9-20(19)33-24/h2-4,6-9,30H,5,10-14H2,1H3,(H,26,28,32). The predicted molar refractivity (Wildman–Crippen MR) is 136 cm³/mol. The maximum Gasteiger partial charge on any atom is 0.257 e. The van der Waals surface area contributed by atoms with Crippen LogP contribution in [0.4, 0.5) is 10.3 Å². The largest absolute Gasteiger partial charge is 0.396 e. The van der Waals surface area contributed by atoms with Crippen LogP contribution in [0.2, 0.25) is 0 Å². The maximum absolute atomic E-state index is 13.2. The Bertz CT molecular complexity index is 1340. The van der Waals surface area contributed by atoms with Crippen LogP contribution in [0.3, 0.4) is 0 Å². The molecule has 2 aromatic carbocycles. The second-order valence-electron chi connectivity index (χ2n) is 8.21. The number of fused-ring (bicyclic) bond motifs is 2. The molecule has 4 aromatic rings. The minimum absolute atomic E-state index is 0.0660. The van der Waals surface area contributed by atoms with Crippen molar-refractivity contribution >= 4 is 54.8 Å². The van der Waals surface area contributed by atoms with E-state index in [-0.39, 0.29) is 18.3 Å². The first-order chi connectivity index (χ1) is 16.5. The lowest BCUT2D eigenvalue weighted by molar-refractivity contribution is 0.100. The van der Waals surface area contributed by atoms with E-state index in [0.29, 0.717) is 35.8 Å². The first-order valence-corrected chi connectivity index (χ1v) is 12.8. The summed E-state index contributed by atoms with van der Waals surface area (Å²) in [6.07, 6.45) is 2.02. The second kappa shape index (κ2) is 9.61. The van der Waals surface area contributed by atoms with E-state index in [1.54, 1.807) is 0 Å². The van der Waals surface area contributed by atoms with Crippen molar-refractivity contribution in [2.45, 2.75) is 32.7 Å². The lowest BCUT2D eigenvalue weighted by Crippen LogP contribution is -2.32. The number of amides is 1. The number of carbonyl (C=O) groups excluding carboxylic acids is 2. The third-order valence-electron chi connectivity index (χ3n) is 5.88. The van der Waals surface area contributed by atoms with Crippen molar-refractivity contribution in [3.8, 4) is 0 Å². The van der Waals surface area contributed by atoms with Crippen LogP contribution in [-0.2, 0) is 19.4 Å². The molecule has 0 saturated heterocycles. The Balaban J connectivity index is 1.40. The Morgan fingerprint density at radius 2 is 1.97 bits per heavy atom. The lowest BCUT2D eigenvalue weighted by Gasteiger charge is -2.29. The van der Waals surface area contributed by atoms with Gasteiger partial charge in [-0.1, -0.05) is 35.6 Å². The third kappa shape index (κ3) is 4.46. The number of nitrogens with one attached hydrogen (secondary N) is 1. The highest BCUT2D eigenvalue weighted by molar-refractivity contribution is 7.22. The summed E-state index contributed by atoms with van der Waals surface area (Å²) in [4.78, 5) is 37.5. The molecule has 0 aliphatic carbocycles. The zero-order valence-electron chi connectivity index (χ0n) is 18.7. The Morgan fingerprint density at radius 3 is 2.76 bits per heavy atom. The highest BCUT2D eigenvalue weighted by Crippen LogP contribution is 2.33. The molecule has 7 nitrogen and oxygen atoms in total. The molecule has 3 heterocycles. The number of anilines is 2. The number of carbonyl (C=O) groups is 2. The number of benzene rings is 2. The van der Waals surface area contributed by atoms with Gasteiger partial charge in [0.1, 0.15) is 5.69 Å². The van der Waals surface area contributed by atoms with Crippen molar-refractivity contribution in [3.05, 3.63) is 69.7 Å². The summed E-state index contributed by atoms with van der Waals surface area (Å²) in [6, 6.07) is 13.6. The molecule has 0 spiro atoms. The van der Waals surface area contributed by atoms with Crippen molar-refractivity contribution < 1.29 is 14.7 Å². The molecule has 9 heteroatoms. The number of nitrogens with zero attached hydrogens (tertiary/aromatic N) is 3. The van der Waals surface area contributed by atoms with Crippen LogP contribution in [0.15, 0.2) is 42.5 Å². The van der Waals surface area contributed by atoms with Gasteiger partial charge in [0.05, 0.1) is 10.2 Å². The fraction of sp³-hybridized carbons (Fsp3) is 0.280. The second-order valence-corrected chi connectivity index (χ2v) is 10.3. The Hall–Kier alpha value is -3.14. The molecule has 5 rings (SSSR count). The highest BCUT2D eigenvalue weighted by atomic mass is 32.1. The number of aromatic nitrogens is 2. The minimum Gasteiger partial charge on any atom is -0.396 e. The van der Waals surface area contributed by atoms with Gasteiger partial charge in [-0.2, -0.15) is 0 Å². The van der Waals surface area contributed by atoms with Gasteiger partial charge >= 0.3 is 0 Å². The van der Waals surface area contributed by atoms with E-state index < -0.39 is 0 Å². The molecular weight excluding hydrogens is 468 g/mol. The predicted octanol–water partition coefficient (Wildman–Crippen LogP) is 4.70. The van der Waals surface area contributed by atoms with Gasteiger partial charge in [0.25, 0.3) is 5.91 Å². The summed E-state index contributed by atoms with van der Waals surface area (Å²) < 4.78 is 1.03. The van der Waals surface area contributed by atoms with Crippen LogP contribution >= 0.6 is 22.7 Å². The molecule has 1 amide bonds. The Kier molecular flexibility index (Phi) is 6.40. The zero-order chi connectivity index (χ0) is 23.7. The number of rotatable bonds is 7. The molecule has 0 unspecified atom stereocenters. The number of Topliss-reactive ketones (excluding diaryl/α,β-unsaturated/α-hetero) is 1. The summed E-state index contributed by atoms with van der Waals surface area (Å²) in [5.74, 6) is -0.242. The highest BCUT2D eigenvalue weighted by Gasteiger charge is 2.26. The molecule has 0 fully saturated rings. The molecule has 1 aliphatic heterocycles. The van der Waals surface area contributed by atoms with Crippen LogP contribution in [-0.4, -0.2) is 39.9 Å². The molecule has 34 heavy (non-hydrogen) atoms. The summed E-state index contributed by atoms with van der Waals surface area (Å²) in [6.45, 7) is 2.91. The number of aryl methyl sites for hydroxylation is 1. The SMILES string of the molecule is CC(=O)c1nc(N2CCc3cccc(C(=O)Nc4nc5ccccc5s4)c3C2)sc1CCCO. The Morgan fingerprint density at radius 1 is 1.12 bits per heavy atom. The average Bonchev–Trinajstić information content (AvgIpc) is 3.45. The fourth-order valence-corrected chi connectivity index (χ4v) is 6.24. The Labute approximate surface area is 205 Å². The van der Waals surface area contributed by atoms with Crippen LogP contribution in [0.25, 0.3) is 10.2 Å². The number of hydrogen-bond acceptors (Lipinski definition) is 8. The van der Waals surface area contributed by atoms with Crippen molar-refractivity contribution in [1.82, 2.24) is 9.97 Å². The first kappa shape index (κ1) is 22.6. The lowest BCUT2D eigenvalue weighted by atomic mass is 9.94. The third-order valence-corrected chi connectivity index (χ3v) is 8.01. The molecule has 1 aliphatic rings. The van der Waals surface area contributed by atoms with Crippen molar-refractivity contribution in [2.75, 3.05) is 23.4 Å². The van der Waals surface area contributed by atoms with Crippen LogP contribution in [0.5, 0.6) is 0 Å². The molecule has 174 valence electrons. The van der Waals surface area contributed by atoms with Crippen LogP contribution < -0.4 is 10.2 Å². The monoisotopic (exact) mass is 492 g/mol. The number of ketones is 1. The smallest absolute Gasteiger partial charge is 0.257 e. The summed E-state index contributed by atoms with van der Waals surface area (Å²) >= 11 is 2.96. The van der Waals surface area contributed by atoms with Gasteiger partial charge in [-0.25, -0.2) is 9.97 Å². The van der Waals surface area contributed by atoms with Gasteiger partial charge in [0, 0.05) is 37.1 Å². The topological polar surface area (TPSA) is 95.4 Å². The number of thiazole rings is 2. The van der Waals surface area contributed by atoms with Gasteiger partial charge in [-0.3, -0.25) is 14.9 Å². The summed E-state index contributed by atoms with van der Waals surface area (Å²) in [5, 5.41) is 13.5. The van der Waals surface area contributed by atoms with Gasteiger partial charge < -0.3 is 10.0 Å². The van der Waals surface area contributed by atoms with E-state index in [1.165, 1.54) is 29.6 Å². The average molecular weight is 493 g/mol. The van der Waals surface area contributed by atoms with E-state index in [0.717, 1.165) is 44.3 Å². The van der Waals surface area contributed by atoms with Gasteiger partial charge in [-0.05, 0) is 48.6 Å². The number of aliphatic hydroxyl groups excluding tert-OH is 1. The fourth-order valence-electron chi connectivity index (χ4n) is 4.21. The first-order valence-electron chi connectivity index (χ1n) is 11.2. The molecular formula is C25H24N4O3S2. The van der Waals surface area contributed by atoms with E-state index in [4.69, 9.17) is 0 Å². The number of aliphatic hydroxyl groups is 1. The molecule has 0 radical (unpaired) electrons. The van der Waals surface area contributed by atoms with E-state index in [2.05, 4.69) is 26.3 Å². The normalized spacial score (nSPS) is 13.2. The summed E-state index contributed by atoms with van der Waals surface area (Å²) in [7, 11) is 0. The number of para-hydroxylation sites is 1. The molecule has 0 atom stereocenters. The zero-order valence-corrected chi connectivity index (χ0v) is 20.3. The van der Waals surface area contributed by atoms with E-state index >= 15 is 0 Å². The maximum atomic E-state index is 13.2. The van der Waals surface area contributed by atoms with Gasteiger partial charge in [-0.15, -0.1) is 11.3 Å².